The lowest BCUT2D eigenvalue weighted by Gasteiger charge is -2.35. The zero-order valence-corrected chi connectivity index (χ0v) is 14.0. The quantitative estimate of drug-likeness (QED) is 0.887. The summed E-state index contributed by atoms with van der Waals surface area (Å²) in [5.74, 6) is 0.741. The summed E-state index contributed by atoms with van der Waals surface area (Å²) in [7, 11) is 0. The van der Waals surface area contributed by atoms with Crippen LogP contribution in [-0.4, -0.2) is 53.5 Å². The maximum absolute atomic E-state index is 11.9. The third-order valence-corrected chi connectivity index (χ3v) is 4.60. The van der Waals surface area contributed by atoms with Crippen molar-refractivity contribution in [3.63, 3.8) is 0 Å². The lowest BCUT2D eigenvalue weighted by Crippen LogP contribution is -2.47. The van der Waals surface area contributed by atoms with Gasteiger partial charge in [0.1, 0.15) is 11.9 Å². The number of nitrogens with zero attached hydrogens (tertiary/aromatic N) is 5. The van der Waals surface area contributed by atoms with E-state index < -0.39 is 0 Å². The molecule has 0 aromatic carbocycles. The molecule has 3 rings (SSSR count). The van der Waals surface area contributed by atoms with Crippen molar-refractivity contribution >= 4 is 28.2 Å². The van der Waals surface area contributed by atoms with Crippen LogP contribution in [0.3, 0.4) is 0 Å². The standard InChI is InChI=1S/C16H18N6OS/c17-12-13-2-1-4-18-15(13)22-9-7-21(8-10-22)6-3-14(23)20-16-19-5-11-24-16/h1-2,4-5,11H,3,6-10H2,(H,19,20,23). The molecule has 24 heavy (non-hydrogen) atoms. The van der Waals surface area contributed by atoms with Crippen LogP contribution < -0.4 is 10.2 Å². The molecule has 0 atom stereocenters. The van der Waals surface area contributed by atoms with E-state index in [0.717, 1.165) is 38.5 Å². The molecule has 7 nitrogen and oxygen atoms in total. The van der Waals surface area contributed by atoms with Gasteiger partial charge in [0.25, 0.3) is 0 Å². The molecule has 0 aliphatic carbocycles. The largest absolute Gasteiger partial charge is 0.353 e. The zero-order valence-electron chi connectivity index (χ0n) is 13.2. The summed E-state index contributed by atoms with van der Waals surface area (Å²) in [6, 6.07) is 5.76. The van der Waals surface area contributed by atoms with Gasteiger partial charge in [-0.15, -0.1) is 11.3 Å². The number of aromatic nitrogens is 2. The van der Waals surface area contributed by atoms with Gasteiger partial charge in [-0.1, -0.05) is 0 Å². The van der Waals surface area contributed by atoms with E-state index in [1.54, 1.807) is 24.5 Å². The van der Waals surface area contributed by atoms with E-state index in [2.05, 4.69) is 31.2 Å². The van der Waals surface area contributed by atoms with Crippen LogP contribution in [0.15, 0.2) is 29.9 Å². The lowest BCUT2D eigenvalue weighted by molar-refractivity contribution is -0.116. The smallest absolute Gasteiger partial charge is 0.227 e. The van der Waals surface area contributed by atoms with Crippen molar-refractivity contribution in [2.75, 3.05) is 42.9 Å². The minimum Gasteiger partial charge on any atom is -0.353 e. The number of thiazole rings is 1. The van der Waals surface area contributed by atoms with Crippen LogP contribution in [0.5, 0.6) is 0 Å². The highest BCUT2D eigenvalue weighted by Crippen LogP contribution is 2.18. The highest BCUT2D eigenvalue weighted by Gasteiger charge is 2.20. The first kappa shape index (κ1) is 16.4. The van der Waals surface area contributed by atoms with Crippen molar-refractivity contribution in [3.05, 3.63) is 35.5 Å². The number of carbonyl (C=O) groups is 1. The Hall–Kier alpha value is -2.50. The highest BCUT2D eigenvalue weighted by molar-refractivity contribution is 7.13. The minimum atomic E-state index is -0.0103. The van der Waals surface area contributed by atoms with Crippen LogP contribution >= 0.6 is 11.3 Å². The summed E-state index contributed by atoms with van der Waals surface area (Å²) in [6.07, 6.45) is 3.84. The minimum absolute atomic E-state index is 0.0103. The fourth-order valence-electron chi connectivity index (χ4n) is 2.65. The Morgan fingerprint density at radius 3 is 2.83 bits per heavy atom. The molecule has 0 radical (unpaired) electrons. The van der Waals surface area contributed by atoms with Crippen LogP contribution in [0.25, 0.3) is 0 Å². The van der Waals surface area contributed by atoms with Gasteiger partial charge in [0.15, 0.2) is 5.13 Å². The number of pyridine rings is 1. The highest BCUT2D eigenvalue weighted by atomic mass is 32.1. The molecular weight excluding hydrogens is 324 g/mol. The van der Waals surface area contributed by atoms with E-state index in [9.17, 15) is 10.1 Å². The topological polar surface area (TPSA) is 85.2 Å². The van der Waals surface area contributed by atoms with Crippen molar-refractivity contribution in [2.24, 2.45) is 0 Å². The van der Waals surface area contributed by atoms with Crippen LogP contribution in [0, 0.1) is 11.3 Å². The summed E-state index contributed by atoms with van der Waals surface area (Å²) in [5, 5.41) is 14.5. The van der Waals surface area contributed by atoms with Crippen molar-refractivity contribution in [3.8, 4) is 6.07 Å². The molecule has 1 fully saturated rings. The number of rotatable bonds is 5. The Labute approximate surface area is 144 Å². The molecule has 1 amide bonds. The second-order valence-electron chi connectivity index (χ2n) is 5.45. The van der Waals surface area contributed by atoms with Gasteiger partial charge in [-0.2, -0.15) is 5.26 Å². The molecule has 1 aliphatic rings. The van der Waals surface area contributed by atoms with Gasteiger partial charge < -0.3 is 10.2 Å². The Morgan fingerprint density at radius 2 is 2.12 bits per heavy atom. The number of piperazine rings is 1. The third kappa shape index (κ3) is 4.07. The average Bonchev–Trinajstić information content (AvgIpc) is 3.13. The molecule has 0 bridgehead atoms. The first-order valence-electron chi connectivity index (χ1n) is 7.78. The summed E-state index contributed by atoms with van der Waals surface area (Å²) in [5.41, 5.74) is 0.605. The van der Waals surface area contributed by atoms with E-state index in [4.69, 9.17) is 0 Å². The van der Waals surface area contributed by atoms with Crippen molar-refractivity contribution < 1.29 is 4.79 Å². The van der Waals surface area contributed by atoms with E-state index in [-0.39, 0.29) is 5.91 Å². The number of amides is 1. The monoisotopic (exact) mass is 342 g/mol. The van der Waals surface area contributed by atoms with Crippen LogP contribution in [0.1, 0.15) is 12.0 Å². The molecule has 1 aliphatic heterocycles. The van der Waals surface area contributed by atoms with Gasteiger partial charge in [0.05, 0.1) is 5.56 Å². The van der Waals surface area contributed by atoms with Crippen LogP contribution in [-0.2, 0) is 4.79 Å². The normalized spacial score (nSPS) is 15.0. The molecule has 1 N–H and O–H groups in total. The molecule has 0 saturated carbocycles. The zero-order chi connectivity index (χ0) is 16.8. The van der Waals surface area contributed by atoms with Gasteiger partial charge in [0, 0.05) is 56.9 Å². The van der Waals surface area contributed by atoms with Gasteiger partial charge in [-0.05, 0) is 12.1 Å². The fourth-order valence-corrected chi connectivity index (χ4v) is 3.19. The van der Waals surface area contributed by atoms with Gasteiger partial charge in [0.2, 0.25) is 5.91 Å². The third-order valence-electron chi connectivity index (χ3n) is 3.91. The number of nitrogens with one attached hydrogen (secondary N) is 1. The molecule has 124 valence electrons. The van der Waals surface area contributed by atoms with Crippen LogP contribution in [0.2, 0.25) is 0 Å². The summed E-state index contributed by atoms with van der Waals surface area (Å²) >= 11 is 1.42. The van der Waals surface area contributed by atoms with Crippen molar-refractivity contribution in [1.82, 2.24) is 14.9 Å². The molecule has 2 aromatic rings. The Morgan fingerprint density at radius 1 is 1.29 bits per heavy atom. The molecule has 3 heterocycles. The van der Waals surface area contributed by atoms with Gasteiger partial charge in [-0.3, -0.25) is 9.69 Å². The Bertz CT molecular complexity index is 718. The van der Waals surface area contributed by atoms with Crippen molar-refractivity contribution in [2.45, 2.75) is 6.42 Å². The Balaban J connectivity index is 1.45. The van der Waals surface area contributed by atoms with Gasteiger partial charge >= 0.3 is 0 Å². The number of hydrogen-bond acceptors (Lipinski definition) is 7. The summed E-state index contributed by atoms with van der Waals surface area (Å²) < 4.78 is 0. The molecule has 0 unspecified atom stereocenters. The molecule has 2 aromatic heterocycles. The lowest BCUT2D eigenvalue weighted by atomic mass is 10.2. The maximum Gasteiger partial charge on any atom is 0.227 e. The van der Waals surface area contributed by atoms with Crippen LogP contribution in [0.4, 0.5) is 10.9 Å². The Kier molecular flexibility index (Phi) is 5.36. The average molecular weight is 342 g/mol. The molecular formula is C16H18N6OS. The fraction of sp³-hybridized carbons (Fsp3) is 0.375. The molecule has 0 spiro atoms. The second kappa shape index (κ2) is 7.86. The predicted molar refractivity (Wildman–Crippen MR) is 93.0 cm³/mol. The second-order valence-corrected chi connectivity index (χ2v) is 6.35. The summed E-state index contributed by atoms with van der Waals surface area (Å²) in [4.78, 5) is 24.7. The molecule has 1 saturated heterocycles. The number of nitriles is 1. The van der Waals surface area contributed by atoms with E-state index in [1.807, 2.05) is 5.38 Å². The number of carbonyl (C=O) groups excluding carboxylic acids is 1. The van der Waals surface area contributed by atoms with E-state index in [1.165, 1.54) is 11.3 Å². The maximum atomic E-state index is 11.9. The molecule has 8 heteroatoms. The first-order valence-corrected chi connectivity index (χ1v) is 8.66. The van der Waals surface area contributed by atoms with Crippen molar-refractivity contribution in [1.29, 1.82) is 5.26 Å². The summed E-state index contributed by atoms with van der Waals surface area (Å²) in [6.45, 7) is 4.04. The first-order chi connectivity index (χ1) is 11.8. The SMILES string of the molecule is N#Cc1cccnc1N1CCN(CCC(=O)Nc2nccs2)CC1. The predicted octanol–water partition coefficient (Wildman–Crippen LogP) is 1.56. The number of hydrogen-bond donors (Lipinski definition) is 1. The van der Waals surface area contributed by atoms with Gasteiger partial charge in [-0.25, -0.2) is 9.97 Å². The number of anilines is 2. The van der Waals surface area contributed by atoms with E-state index in [0.29, 0.717) is 17.1 Å². The van der Waals surface area contributed by atoms with E-state index >= 15 is 0 Å².